The molecule has 0 saturated heterocycles. The molecule has 144 valence electrons. The Morgan fingerprint density at radius 2 is 1.86 bits per heavy atom. The summed E-state index contributed by atoms with van der Waals surface area (Å²) in [5.41, 5.74) is 1.12. The molecular formula is C21H14N2O4S2. The second-order valence-corrected chi connectivity index (χ2v) is 8.12. The molecule has 2 aromatic carbocycles. The third-order valence-electron chi connectivity index (χ3n) is 4.58. The van der Waals surface area contributed by atoms with Crippen LogP contribution in [0.3, 0.4) is 0 Å². The van der Waals surface area contributed by atoms with E-state index in [1.54, 1.807) is 22.8 Å². The number of fused-ring (bicyclic) bond motifs is 2. The molecule has 0 unspecified atom stereocenters. The molecule has 2 aliphatic heterocycles. The highest BCUT2D eigenvalue weighted by Gasteiger charge is 2.18. The monoisotopic (exact) mass is 422 g/mol. The quantitative estimate of drug-likeness (QED) is 0.508. The van der Waals surface area contributed by atoms with Gasteiger partial charge in [0.05, 0.1) is 15.9 Å². The minimum absolute atomic E-state index is 0.00660. The highest BCUT2D eigenvalue weighted by Crippen LogP contribution is 2.32. The van der Waals surface area contributed by atoms with Crippen LogP contribution in [0, 0.1) is 3.95 Å². The maximum atomic E-state index is 12.6. The van der Waals surface area contributed by atoms with Crippen LogP contribution in [-0.4, -0.2) is 28.8 Å². The lowest BCUT2D eigenvalue weighted by molar-refractivity contribution is -0.114. The minimum Gasteiger partial charge on any atom is -0.493 e. The van der Waals surface area contributed by atoms with E-state index in [1.807, 2.05) is 36.4 Å². The van der Waals surface area contributed by atoms with Gasteiger partial charge in [0.2, 0.25) is 5.88 Å². The summed E-state index contributed by atoms with van der Waals surface area (Å²) in [6.07, 6.45) is 3.35. The third-order valence-corrected chi connectivity index (χ3v) is 5.89. The highest BCUT2D eigenvalue weighted by molar-refractivity contribution is 7.73. The van der Waals surface area contributed by atoms with Crippen LogP contribution in [0.15, 0.2) is 53.0 Å². The molecule has 1 aromatic heterocycles. The van der Waals surface area contributed by atoms with Crippen molar-refractivity contribution in [3.8, 4) is 23.1 Å². The lowest BCUT2D eigenvalue weighted by Gasteiger charge is -2.18. The van der Waals surface area contributed by atoms with Gasteiger partial charge in [0.25, 0.3) is 5.91 Å². The fourth-order valence-electron chi connectivity index (χ4n) is 3.23. The van der Waals surface area contributed by atoms with Crippen molar-refractivity contribution in [3.05, 3.63) is 67.4 Å². The van der Waals surface area contributed by atoms with Crippen molar-refractivity contribution < 1.29 is 19.4 Å². The fourth-order valence-corrected chi connectivity index (χ4v) is 4.54. The van der Waals surface area contributed by atoms with E-state index < -0.39 is 0 Å². The number of amides is 1. The summed E-state index contributed by atoms with van der Waals surface area (Å²) in [4.78, 5) is 17.2. The maximum absolute atomic E-state index is 12.6. The number of rotatable bonds is 2. The third kappa shape index (κ3) is 3.16. The van der Waals surface area contributed by atoms with Crippen LogP contribution in [0.2, 0.25) is 0 Å². The van der Waals surface area contributed by atoms with E-state index in [1.165, 1.54) is 11.3 Å². The van der Waals surface area contributed by atoms with Crippen LogP contribution in [0.1, 0.15) is 4.88 Å². The van der Waals surface area contributed by atoms with E-state index >= 15 is 0 Å². The lowest BCUT2D eigenvalue weighted by atomic mass is 10.1. The number of ether oxygens (including phenoxy) is 2. The summed E-state index contributed by atoms with van der Waals surface area (Å²) >= 11 is 6.64. The van der Waals surface area contributed by atoms with Crippen LogP contribution >= 0.6 is 23.6 Å². The molecule has 0 radical (unpaired) electrons. The normalized spacial score (nSPS) is 16.1. The summed E-state index contributed by atoms with van der Waals surface area (Å²) < 4.78 is 13.2. The van der Waals surface area contributed by atoms with E-state index in [0.29, 0.717) is 44.5 Å². The average Bonchev–Trinajstić information content (AvgIpc) is 3.01. The zero-order valence-corrected chi connectivity index (χ0v) is 16.6. The van der Waals surface area contributed by atoms with Gasteiger partial charge in [0.15, 0.2) is 15.5 Å². The second-order valence-electron chi connectivity index (χ2n) is 6.44. The Morgan fingerprint density at radius 1 is 1.14 bits per heavy atom. The van der Waals surface area contributed by atoms with Gasteiger partial charge in [-0.2, -0.15) is 0 Å². The second kappa shape index (κ2) is 6.98. The Balaban J connectivity index is 1.61. The van der Waals surface area contributed by atoms with Crippen LogP contribution in [0.5, 0.6) is 17.4 Å². The first-order chi connectivity index (χ1) is 14.1. The van der Waals surface area contributed by atoms with E-state index in [0.717, 1.165) is 10.9 Å². The van der Waals surface area contributed by atoms with Gasteiger partial charge in [-0.15, -0.1) is 11.3 Å². The van der Waals surface area contributed by atoms with Gasteiger partial charge in [-0.25, -0.2) is 4.99 Å². The summed E-state index contributed by atoms with van der Waals surface area (Å²) in [7, 11) is 0. The molecule has 0 spiro atoms. The predicted octanol–water partition coefficient (Wildman–Crippen LogP) is 2.77. The standard InChI is InChI=1S/C21H14N2O4S2/c24-19-13(8-12-9-16-17(11-15(12)22-19)27-7-6-26-16)10-18-20(25)23(21(28)29-18)14-4-2-1-3-5-14/h1-5,8-11,25H,6-7H2/b13-10-. The van der Waals surface area contributed by atoms with Gasteiger partial charge >= 0.3 is 0 Å². The Hall–Kier alpha value is -3.23. The van der Waals surface area contributed by atoms with Crippen molar-refractivity contribution in [3.63, 3.8) is 0 Å². The van der Waals surface area contributed by atoms with E-state index in [-0.39, 0.29) is 11.8 Å². The summed E-state index contributed by atoms with van der Waals surface area (Å²) in [6, 6.07) is 12.9. The lowest BCUT2D eigenvalue weighted by Crippen LogP contribution is -2.32. The molecule has 0 aliphatic carbocycles. The van der Waals surface area contributed by atoms with Gasteiger partial charge in [0.1, 0.15) is 13.2 Å². The number of hydrogen-bond donors (Lipinski definition) is 1. The molecule has 6 nitrogen and oxygen atoms in total. The molecule has 1 N–H and O–H groups in total. The molecular weight excluding hydrogens is 408 g/mol. The van der Waals surface area contributed by atoms with Gasteiger partial charge in [-0.1, -0.05) is 18.2 Å². The van der Waals surface area contributed by atoms with Crippen molar-refractivity contribution in [2.24, 2.45) is 4.99 Å². The van der Waals surface area contributed by atoms with Gasteiger partial charge in [-0.05, 0) is 42.6 Å². The molecule has 0 saturated carbocycles. The Morgan fingerprint density at radius 3 is 2.62 bits per heavy atom. The average molecular weight is 422 g/mol. The predicted molar refractivity (Wildman–Crippen MR) is 112 cm³/mol. The molecule has 1 amide bonds. The SMILES string of the molecule is O=C1N=c2cc3c(cc2=C/C1=C/c1sc(=S)n(-c2ccccc2)c1O)OCCO3. The number of para-hydroxylation sites is 1. The van der Waals surface area contributed by atoms with Gasteiger partial charge in [-0.3, -0.25) is 9.36 Å². The Kier molecular flexibility index (Phi) is 4.30. The van der Waals surface area contributed by atoms with Crippen molar-refractivity contribution in [2.75, 3.05) is 13.2 Å². The number of aromatic hydroxyl groups is 1. The number of benzene rings is 2. The summed E-state index contributed by atoms with van der Waals surface area (Å²) in [5, 5.41) is 12.0. The molecule has 3 aromatic rings. The fraction of sp³-hybridized carbons (Fsp3) is 0.0952. The number of aromatic nitrogens is 1. The van der Waals surface area contributed by atoms with Crippen molar-refractivity contribution in [1.29, 1.82) is 0 Å². The Labute approximate surface area is 174 Å². The van der Waals surface area contributed by atoms with Crippen LogP contribution in [0.25, 0.3) is 17.8 Å². The maximum Gasteiger partial charge on any atom is 0.277 e. The summed E-state index contributed by atoms with van der Waals surface area (Å²) in [5.74, 6) is 0.818. The van der Waals surface area contributed by atoms with Crippen LogP contribution in [0.4, 0.5) is 0 Å². The van der Waals surface area contributed by atoms with Crippen LogP contribution < -0.4 is 20.0 Å². The summed E-state index contributed by atoms with van der Waals surface area (Å²) in [6.45, 7) is 0.950. The van der Waals surface area contributed by atoms with E-state index in [9.17, 15) is 9.90 Å². The van der Waals surface area contributed by atoms with Gasteiger partial charge < -0.3 is 14.6 Å². The van der Waals surface area contributed by atoms with Gasteiger partial charge in [0, 0.05) is 16.9 Å². The minimum atomic E-state index is -0.390. The van der Waals surface area contributed by atoms with E-state index in [2.05, 4.69) is 4.99 Å². The first-order valence-corrected chi connectivity index (χ1v) is 10.1. The largest absolute Gasteiger partial charge is 0.493 e. The first-order valence-electron chi connectivity index (χ1n) is 8.86. The molecule has 0 fully saturated rings. The first kappa shape index (κ1) is 17.8. The zero-order chi connectivity index (χ0) is 20.0. The number of thiazole rings is 1. The van der Waals surface area contributed by atoms with Crippen molar-refractivity contribution in [2.45, 2.75) is 0 Å². The smallest absolute Gasteiger partial charge is 0.277 e. The number of carbonyl (C=O) groups excluding carboxylic acids is 1. The number of carbonyl (C=O) groups is 1. The zero-order valence-electron chi connectivity index (χ0n) is 15.0. The highest BCUT2D eigenvalue weighted by atomic mass is 32.1. The molecule has 8 heteroatoms. The molecule has 0 bridgehead atoms. The number of nitrogens with zero attached hydrogens (tertiary/aromatic N) is 2. The van der Waals surface area contributed by atoms with Crippen LogP contribution in [-0.2, 0) is 4.79 Å². The Bertz CT molecular complexity index is 1350. The molecule has 0 atom stereocenters. The van der Waals surface area contributed by atoms with Crippen molar-refractivity contribution in [1.82, 2.24) is 4.57 Å². The van der Waals surface area contributed by atoms with E-state index in [4.69, 9.17) is 21.7 Å². The van der Waals surface area contributed by atoms with Crippen molar-refractivity contribution >= 4 is 41.6 Å². The number of hydrogen-bond acceptors (Lipinski definition) is 6. The molecule has 2 aliphatic rings. The molecule has 29 heavy (non-hydrogen) atoms. The topological polar surface area (TPSA) is 73.1 Å². The molecule has 3 heterocycles. The molecule has 5 rings (SSSR count).